The maximum absolute atomic E-state index is 12.2. The van der Waals surface area contributed by atoms with Crippen molar-refractivity contribution in [2.45, 2.75) is 45.6 Å². The van der Waals surface area contributed by atoms with E-state index in [2.05, 4.69) is 6.92 Å². The van der Waals surface area contributed by atoms with E-state index in [0.29, 0.717) is 18.8 Å². The second kappa shape index (κ2) is 3.75. The molecule has 16 heavy (non-hydrogen) atoms. The average molecular weight is 225 g/mol. The SMILES string of the molecule is CC1CCN(C(=O)C2(C(=O)O)CC2)C(C)C1. The summed E-state index contributed by atoms with van der Waals surface area (Å²) < 4.78 is 0. The monoisotopic (exact) mass is 225 g/mol. The molecule has 2 atom stereocenters. The molecule has 1 aliphatic carbocycles. The van der Waals surface area contributed by atoms with E-state index in [9.17, 15) is 9.59 Å². The van der Waals surface area contributed by atoms with E-state index in [1.54, 1.807) is 4.90 Å². The predicted octanol–water partition coefficient (Wildman–Crippen LogP) is 1.50. The highest BCUT2D eigenvalue weighted by Gasteiger charge is 2.59. The van der Waals surface area contributed by atoms with E-state index in [-0.39, 0.29) is 11.9 Å². The summed E-state index contributed by atoms with van der Waals surface area (Å²) in [4.78, 5) is 25.1. The molecule has 0 bridgehead atoms. The van der Waals surface area contributed by atoms with Gasteiger partial charge in [-0.15, -0.1) is 0 Å². The van der Waals surface area contributed by atoms with Crippen molar-refractivity contribution in [3.05, 3.63) is 0 Å². The van der Waals surface area contributed by atoms with Crippen LogP contribution in [0.15, 0.2) is 0 Å². The number of carboxylic acids is 1. The molecule has 1 saturated heterocycles. The molecule has 0 aromatic heterocycles. The van der Waals surface area contributed by atoms with Crippen molar-refractivity contribution in [2.75, 3.05) is 6.54 Å². The van der Waals surface area contributed by atoms with Crippen molar-refractivity contribution in [1.29, 1.82) is 0 Å². The minimum atomic E-state index is -1.06. The molecule has 2 unspecified atom stereocenters. The lowest BCUT2D eigenvalue weighted by atomic mass is 9.91. The highest BCUT2D eigenvalue weighted by molar-refractivity contribution is 6.04. The van der Waals surface area contributed by atoms with Gasteiger partial charge in [-0.2, -0.15) is 0 Å². The normalized spacial score (nSPS) is 32.2. The fourth-order valence-electron chi connectivity index (χ4n) is 2.63. The molecule has 1 saturated carbocycles. The topological polar surface area (TPSA) is 57.6 Å². The number of aliphatic carboxylic acids is 1. The van der Waals surface area contributed by atoms with Gasteiger partial charge in [0.2, 0.25) is 5.91 Å². The first-order valence-corrected chi connectivity index (χ1v) is 6.02. The summed E-state index contributed by atoms with van der Waals surface area (Å²) in [7, 11) is 0. The molecule has 1 heterocycles. The quantitative estimate of drug-likeness (QED) is 0.724. The van der Waals surface area contributed by atoms with Gasteiger partial charge in [-0.05, 0) is 38.5 Å². The molecule has 2 rings (SSSR count). The van der Waals surface area contributed by atoms with E-state index in [0.717, 1.165) is 19.4 Å². The highest BCUT2D eigenvalue weighted by Crippen LogP contribution is 2.48. The van der Waals surface area contributed by atoms with E-state index in [4.69, 9.17) is 5.11 Å². The maximum atomic E-state index is 12.2. The molecular weight excluding hydrogens is 206 g/mol. The Morgan fingerprint density at radius 3 is 2.38 bits per heavy atom. The molecule has 90 valence electrons. The van der Waals surface area contributed by atoms with Crippen molar-refractivity contribution in [2.24, 2.45) is 11.3 Å². The first kappa shape index (κ1) is 11.4. The van der Waals surface area contributed by atoms with Crippen LogP contribution >= 0.6 is 0 Å². The number of carboxylic acid groups (broad SMARTS) is 1. The summed E-state index contributed by atoms with van der Waals surface area (Å²) >= 11 is 0. The summed E-state index contributed by atoms with van der Waals surface area (Å²) in [6.45, 7) is 4.92. The van der Waals surface area contributed by atoms with Crippen LogP contribution in [0.25, 0.3) is 0 Å². The van der Waals surface area contributed by atoms with Crippen molar-refractivity contribution >= 4 is 11.9 Å². The van der Waals surface area contributed by atoms with Gasteiger partial charge < -0.3 is 10.0 Å². The molecule has 0 aromatic rings. The van der Waals surface area contributed by atoms with Gasteiger partial charge in [0, 0.05) is 12.6 Å². The Morgan fingerprint density at radius 1 is 1.31 bits per heavy atom. The Hall–Kier alpha value is -1.06. The van der Waals surface area contributed by atoms with Crippen LogP contribution in [0.3, 0.4) is 0 Å². The first-order chi connectivity index (χ1) is 7.47. The minimum absolute atomic E-state index is 0.153. The molecule has 1 aliphatic heterocycles. The number of hydrogen-bond donors (Lipinski definition) is 1. The Balaban J connectivity index is 2.08. The number of amides is 1. The van der Waals surface area contributed by atoms with Gasteiger partial charge in [0.1, 0.15) is 5.41 Å². The summed E-state index contributed by atoms with van der Waals surface area (Å²) in [5.41, 5.74) is -1.06. The van der Waals surface area contributed by atoms with Crippen LogP contribution in [0.5, 0.6) is 0 Å². The second-order valence-electron chi connectivity index (χ2n) is 5.36. The second-order valence-corrected chi connectivity index (χ2v) is 5.36. The average Bonchev–Trinajstić information content (AvgIpc) is 2.97. The van der Waals surface area contributed by atoms with Gasteiger partial charge in [-0.3, -0.25) is 9.59 Å². The van der Waals surface area contributed by atoms with Gasteiger partial charge in [0.05, 0.1) is 0 Å². The number of carbonyl (C=O) groups is 2. The van der Waals surface area contributed by atoms with Crippen molar-refractivity contribution in [3.63, 3.8) is 0 Å². The Labute approximate surface area is 95.6 Å². The van der Waals surface area contributed by atoms with Crippen LogP contribution in [0, 0.1) is 11.3 Å². The third-order valence-electron chi connectivity index (χ3n) is 3.97. The largest absolute Gasteiger partial charge is 0.480 e. The van der Waals surface area contributed by atoms with Gasteiger partial charge in [0.25, 0.3) is 0 Å². The molecule has 4 nitrogen and oxygen atoms in total. The van der Waals surface area contributed by atoms with E-state index < -0.39 is 11.4 Å². The number of likely N-dealkylation sites (tertiary alicyclic amines) is 1. The Morgan fingerprint density at radius 2 is 1.94 bits per heavy atom. The van der Waals surface area contributed by atoms with Gasteiger partial charge >= 0.3 is 5.97 Å². The zero-order chi connectivity index (χ0) is 11.9. The third-order valence-corrected chi connectivity index (χ3v) is 3.97. The maximum Gasteiger partial charge on any atom is 0.319 e. The summed E-state index contributed by atoms with van der Waals surface area (Å²) in [5.74, 6) is -0.457. The third kappa shape index (κ3) is 1.70. The number of rotatable bonds is 2. The lowest BCUT2D eigenvalue weighted by molar-refractivity contribution is -0.155. The minimum Gasteiger partial charge on any atom is -0.480 e. The molecule has 0 aromatic carbocycles. The molecule has 0 radical (unpaired) electrons. The number of piperidine rings is 1. The van der Waals surface area contributed by atoms with Gasteiger partial charge in [-0.25, -0.2) is 0 Å². The molecule has 0 spiro atoms. The molecule has 1 amide bonds. The van der Waals surface area contributed by atoms with E-state index in [1.807, 2.05) is 6.92 Å². The van der Waals surface area contributed by atoms with Crippen LogP contribution in [-0.4, -0.2) is 34.5 Å². The fourth-order valence-corrected chi connectivity index (χ4v) is 2.63. The number of carbonyl (C=O) groups excluding carboxylic acids is 1. The smallest absolute Gasteiger partial charge is 0.319 e. The van der Waals surface area contributed by atoms with Crippen LogP contribution in [0.4, 0.5) is 0 Å². The lowest BCUT2D eigenvalue weighted by Crippen LogP contribution is -2.49. The van der Waals surface area contributed by atoms with Crippen LogP contribution in [0.2, 0.25) is 0 Å². The van der Waals surface area contributed by atoms with Crippen LogP contribution in [-0.2, 0) is 9.59 Å². The molecule has 2 fully saturated rings. The zero-order valence-electron chi connectivity index (χ0n) is 9.90. The van der Waals surface area contributed by atoms with E-state index in [1.165, 1.54) is 0 Å². The van der Waals surface area contributed by atoms with Crippen LogP contribution in [0.1, 0.15) is 39.5 Å². The number of hydrogen-bond acceptors (Lipinski definition) is 2. The molecule has 1 N–H and O–H groups in total. The molecule has 4 heteroatoms. The van der Waals surface area contributed by atoms with Crippen molar-refractivity contribution in [3.8, 4) is 0 Å². The van der Waals surface area contributed by atoms with Crippen molar-refractivity contribution < 1.29 is 14.7 Å². The van der Waals surface area contributed by atoms with Gasteiger partial charge in [0.15, 0.2) is 0 Å². The standard InChI is InChI=1S/C12H19NO3/c1-8-3-6-13(9(2)7-8)10(14)12(4-5-12)11(15)16/h8-9H,3-7H2,1-2H3,(H,15,16). The van der Waals surface area contributed by atoms with Crippen LogP contribution < -0.4 is 0 Å². The lowest BCUT2D eigenvalue weighted by Gasteiger charge is -2.38. The summed E-state index contributed by atoms with van der Waals surface area (Å²) in [6.07, 6.45) is 3.01. The van der Waals surface area contributed by atoms with Crippen molar-refractivity contribution in [1.82, 2.24) is 4.90 Å². The summed E-state index contributed by atoms with van der Waals surface area (Å²) in [6, 6.07) is 0.188. The Bertz CT molecular complexity index is 322. The van der Waals surface area contributed by atoms with E-state index >= 15 is 0 Å². The highest BCUT2D eigenvalue weighted by atomic mass is 16.4. The summed E-state index contributed by atoms with van der Waals surface area (Å²) in [5, 5.41) is 9.10. The first-order valence-electron chi connectivity index (χ1n) is 6.02. The molecule has 2 aliphatic rings. The zero-order valence-corrected chi connectivity index (χ0v) is 9.90. The fraction of sp³-hybridized carbons (Fsp3) is 0.833. The van der Waals surface area contributed by atoms with Gasteiger partial charge in [-0.1, -0.05) is 6.92 Å². The Kier molecular flexibility index (Phi) is 2.68. The molecular formula is C12H19NO3. The number of nitrogens with zero attached hydrogens (tertiary/aromatic N) is 1. The predicted molar refractivity (Wildman–Crippen MR) is 58.9 cm³/mol.